The van der Waals surface area contributed by atoms with Gasteiger partial charge in [0.05, 0.1) is 0 Å². The molecule has 0 amide bonds. The molecule has 0 heterocycles. The van der Waals surface area contributed by atoms with Crippen LogP contribution in [0.5, 0.6) is 0 Å². The predicted molar refractivity (Wildman–Crippen MR) is 37.1 cm³/mol. The molecule has 1 N–H and O–H groups in total. The molecule has 0 aliphatic rings. The van der Waals surface area contributed by atoms with E-state index in [1.165, 1.54) is 0 Å². The van der Waals surface area contributed by atoms with E-state index < -0.39 is 0 Å². The monoisotopic (exact) mass is 128 g/mol. The summed E-state index contributed by atoms with van der Waals surface area (Å²) in [5, 5.41) is 8.06. The fourth-order valence-electron chi connectivity index (χ4n) is 0.367. The van der Waals surface area contributed by atoms with Gasteiger partial charge in [-0.25, -0.2) is 4.89 Å². The van der Waals surface area contributed by atoms with E-state index in [1.54, 1.807) is 13.0 Å². The molecule has 0 spiro atoms. The minimum absolute atomic E-state index is 0.221. The SMILES string of the molecule is CC=CC=C[C@H](C)OO. The summed E-state index contributed by atoms with van der Waals surface area (Å²) in [5.41, 5.74) is 0. The molecule has 0 unspecified atom stereocenters. The van der Waals surface area contributed by atoms with E-state index in [-0.39, 0.29) is 6.10 Å². The third-order valence-electron chi connectivity index (χ3n) is 0.852. The van der Waals surface area contributed by atoms with Crippen molar-refractivity contribution in [2.24, 2.45) is 0 Å². The Morgan fingerprint density at radius 2 is 2.11 bits per heavy atom. The van der Waals surface area contributed by atoms with Gasteiger partial charge in [0.1, 0.15) is 6.10 Å². The lowest BCUT2D eigenvalue weighted by Gasteiger charge is -1.96. The topological polar surface area (TPSA) is 29.5 Å². The van der Waals surface area contributed by atoms with Crippen molar-refractivity contribution in [2.75, 3.05) is 0 Å². The number of allylic oxidation sites excluding steroid dienone is 3. The lowest BCUT2D eigenvalue weighted by atomic mass is 10.3. The maximum Gasteiger partial charge on any atom is 0.108 e. The van der Waals surface area contributed by atoms with Crippen molar-refractivity contribution in [3.05, 3.63) is 24.3 Å². The Balaban J connectivity index is 3.43. The molecule has 0 aliphatic carbocycles. The van der Waals surface area contributed by atoms with Crippen LogP contribution in [0.15, 0.2) is 24.3 Å². The van der Waals surface area contributed by atoms with Crippen LogP contribution in [0.1, 0.15) is 13.8 Å². The van der Waals surface area contributed by atoms with E-state index in [0.29, 0.717) is 0 Å². The predicted octanol–water partition coefficient (Wildman–Crippen LogP) is 2.00. The largest absolute Gasteiger partial charge is 0.251 e. The van der Waals surface area contributed by atoms with Crippen molar-refractivity contribution in [1.82, 2.24) is 0 Å². The van der Waals surface area contributed by atoms with Gasteiger partial charge < -0.3 is 0 Å². The van der Waals surface area contributed by atoms with Gasteiger partial charge in [0.2, 0.25) is 0 Å². The van der Waals surface area contributed by atoms with Crippen LogP contribution in [0, 0.1) is 0 Å². The van der Waals surface area contributed by atoms with E-state index >= 15 is 0 Å². The molecule has 0 radical (unpaired) electrons. The van der Waals surface area contributed by atoms with E-state index in [9.17, 15) is 0 Å². The van der Waals surface area contributed by atoms with Crippen molar-refractivity contribution in [3.8, 4) is 0 Å². The summed E-state index contributed by atoms with van der Waals surface area (Å²) in [6.07, 6.45) is 7.12. The van der Waals surface area contributed by atoms with Gasteiger partial charge in [-0.1, -0.05) is 24.3 Å². The van der Waals surface area contributed by atoms with Gasteiger partial charge in [-0.3, -0.25) is 5.26 Å². The molecule has 0 rings (SSSR count). The fourth-order valence-corrected chi connectivity index (χ4v) is 0.367. The molecule has 0 aromatic heterocycles. The first kappa shape index (κ1) is 8.40. The Kier molecular flexibility index (Phi) is 5.17. The third-order valence-corrected chi connectivity index (χ3v) is 0.852. The summed E-state index contributed by atoms with van der Waals surface area (Å²) in [4.78, 5) is 3.98. The molecule has 0 fully saturated rings. The summed E-state index contributed by atoms with van der Waals surface area (Å²) in [6.45, 7) is 3.68. The van der Waals surface area contributed by atoms with E-state index in [0.717, 1.165) is 0 Å². The molecule has 0 saturated heterocycles. The zero-order valence-corrected chi connectivity index (χ0v) is 5.74. The first-order valence-electron chi connectivity index (χ1n) is 2.91. The average molecular weight is 128 g/mol. The number of hydrogen-bond acceptors (Lipinski definition) is 2. The molecule has 2 heteroatoms. The summed E-state index contributed by atoms with van der Waals surface area (Å²) < 4.78 is 0. The van der Waals surface area contributed by atoms with Crippen molar-refractivity contribution in [1.29, 1.82) is 0 Å². The van der Waals surface area contributed by atoms with Gasteiger partial charge in [0.25, 0.3) is 0 Å². The smallest absolute Gasteiger partial charge is 0.108 e. The molecular weight excluding hydrogens is 116 g/mol. The van der Waals surface area contributed by atoms with Crippen molar-refractivity contribution in [2.45, 2.75) is 20.0 Å². The van der Waals surface area contributed by atoms with Crippen LogP contribution in [0.2, 0.25) is 0 Å². The van der Waals surface area contributed by atoms with E-state index in [4.69, 9.17) is 5.26 Å². The molecule has 52 valence electrons. The van der Waals surface area contributed by atoms with Crippen molar-refractivity contribution >= 4 is 0 Å². The minimum Gasteiger partial charge on any atom is -0.251 e. The van der Waals surface area contributed by atoms with Crippen molar-refractivity contribution < 1.29 is 10.1 Å². The van der Waals surface area contributed by atoms with E-state index in [1.807, 2.05) is 25.2 Å². The molecule has 2 nitrogen and oxygen atoms in total. The Morgan fingerprint density at radius 3 is 2.56 bits per heavy atom. The first-order chi connectivity index (χ1) is 4.31. The average Bonchev–Trinajstić information content (AvgIpc) is 1.89. The maximum atomic E-state index is 8.06. The van der Waals surface area contributed by atoms with Crippen LogP contribution in [-0.2, 0) is 4.89 Å². The van der Waals surface area contributed by atoms with E-state index in [2.05, 4.69) is 4.89 Å². The standard InChI is InChI=1S/C7H12O2/c1-3-4-5-6-7(2)9-8/h3-8H,1-2H3/t7-/m0/s1. The van der Waals surface area contributed by atoms with Gasteiger partial charge in [-0.2, -0.15) is 0 Å². The highest BCUT2D eigenvalue weighted by atomic mass is 17.1. The first-order valence-corrected chi connectivity index (χ1v) is 2.91. The zero-order chi connectivity index (χ0) is 7.11. The number of hydrogen-bond donors (Lipinski definition) is 1. The summed E-state index contributed by atoms with van der Waals surface area (Å²) >= 11 is 0. The molecule has 9 heavy (non-hydrogen) atoms. The molecule has 0 aromatic carbocycles. The van der Waals surface area contributed by atoms with Crippen LogP contribution in [-0.4, -0.2) is 11.4 Å². The van der Waals surface area contributed by atoms with Gasteiger partial charge in [-0.05, 0) is 13.8 Å². The normalized spacial score (nSPS) is 15.4. The number of rotatable bonds is 3. The second-order valence-corrected chi connectivity index (χ2v) is 1.72. The molecule has 1 atom stereocenters. The Bertz CT molecular complexity index is 105. The highest BCUT2D eigenvalue weighted by Crippen LogP contribution is 1.88. The summed E-state index contributed by atoms with van der Waals surface area (Å²) in [5.74, 6) is 0. The second-order valence-electron chi connectivity index (χ2n) is 1.72. The third kappa shape index (κ3) is 5.27. The minimum atomic E-state index is -0.221. The van der Waals surface area contributed by atoms with Gasteiger partial charge in [0, 0.05) is 0 Å². The Morgan fingerprint density at radius 1 is 1.44 bits per heavy atom. The Labute approximate surface area is 55.4 Å². The van der Waals surface area contributed by atoms with Gasteiger partial charge in [-0.15, -0.1) is 0 Å². The molecule has 0 aromatic rings. The zero-order valence-electron chi connectivity index (χ0n) is 5.74. The molecule has 0 aliphatic heterocycles. The molecular formula is C7H12O2. The molecule has 0 bridgehead atoms. The highest BCUT2D eigenvalue weighted by molar-refractivity contribution is 5.02. The maximum absolute atomic E-state index is 8.06. The highest BCUT2D eigenvalue weighted by Gasteiger charge is 1.88. The molecule has 0 saturated carbocycles. The quantitative estimate of drug-likeness (QED) is 0.358. The fraction of sp³-hybridized carbons (Fsp3) is 0.429. The van der Waals surface area contributed by atoms with Crippen LogP contribution in [0.25, 0.3) is 0 Å². The van der Waals surface area contributed by atoms with Crippen LogP contribution in [0.3, 0.4) is 0 Å². The van der Waals surface area contributed by atoms with Crippen molar-refractivity contribution in [3.63, 3.8) is 0 Å². The van der Waals surface area contributed by atoms with Crippen LogP contribution >= 0.6 is 0 Å². The lowest BCUT2D eigenvalue weighted by molar-refractivity contribution is -0.261. The summed E-state index contributed by atoms with van der Waals surface area (Å²) in [7, 11) is 0. The van der Waals surface area contributed by atoms with Crippen LogP contribution in [0.4, 0.5) is 0 Å². The van der Waals surface area contributed by atoms with Crippen LogP contribution < -0.4 is 0 Å². The van der Waals surface area contributed by atoms with Gasteiger partial charge in [0.15, 0.2) is 0 Å². The Hall–Kier alpha value is -0.600. The van der Waals surface area contributed by atoms with Gasteiger partial charge >= 0.3 is 0 Å². The second kappa shape index (κ2) is 5.54. The summed E-state index contributed by atoms with van der Waals surface area (Å²) in [6, 6.07) is 0. The lowest BCUT2D eigenvalue weighted by Crippen LogP contribution is -1.98.